The van der Waals surface area contributed by atoms with Crippen LogP contribution in [0.25, 0.3) is 12.2 Å². The van der Waals surface area contributed by atoms with E-state index in [-0.39, 0.29) is 11.3 Å². The Balaban J connectivity index is 2.36. The van der Waals surface area contributed by atoms with Crippen molar-refractivity contribution in [3.8, 4) is 17.6 Å². The number of phenolic OH excluding ortho intramolecular Hbond substituents is 1. The van der Waals surface area contributed by atoms with Gasteiger partial charge < -0.3 is 9.84 Å². The summed E-state index contributed by atoms with van der Waals surface area (Å²) in [4.78, 5) is 11.4. The molecule has 0 amide bonds. The Morgan fingerprint density at radius 2 is 2.19 bits per heavy atom. The maximum atomic E-state index is 11.4. The Hall–Kier alpha value is -3.07. The first-order valence-corrected chi connectivity index (χ1v) is 6.11. The molecule has 2 N–H and O–H groups in total. The van der Waals surface area contributed by atoms with E-state index in [1.54, 1.807) is 37.3 Å². The highest BCUT2D eigenvalue weighted by Crippen LogP contribution is 2.27. The number of nitrogens with one attached hydrogen (secondary N) is 1. The highest BCUT2D eigenvalue weighted by atomic mass is 16.5. The highest BCUT2D eigenvalue weighted by molar-refractivity contribution is 5.71. The number of aromatic hydroxyl groups is 1. The second-order valence-electron chi connectivity index (χ2n) is 4.31. The van der Waals surface area contributed by atoms with E-state index in [9.17, 15) is 9.90 Å². The summed E-state index contributed by atoms with van der Waals surface area (Å²) >= 11 is 0. The molecule has 0 spiro atoms. The lowest BCUT2D eigenvalue weighted by Gasteiger charge is -2.03. The predicted octanol–water partition coefficient (Wildman–Crippen LogP) is 1.83. The van der Waals surface area contributed by atoms with Crippen LogP contribution in [0.2, 0.25) is 0 Å². The molecule has 2 rings (SSSR count). The van der Waals surface area contributed by atoms with E-state index in [1.165, 1.54) is 7.11 Å². The van der Waals surface area contributed by atoms with Crippen LogP contribution in [0, 0.1) is 18.3 Å². The number of methoxy groups -OCH3 is 1. The van der Waals surface area contributed by atoms with E-state index < -0.39 is 5.56 Å². The molecule has 0 aliphatic heterocycles. The van der Waals surface area contributed by atoms with Gasteiger partial charge in [-0.15, -0.1) is 0 Å². The third-order valence-corrected chi connectivity index (χ3v) is 3.01. The van der Waals surface area contributed by atoms with Gasteiger partial charge in [-0.3, -0.25) is 4.79 Å². The molecule has 0 unspecified atom stereocenters. The van der Waals surface area contributed by atoms with Gasteiger partial charge in [0.15, 0.2) is 11.5 Å². The second kappa shape index (κ2) is 5.92. The summed E-state index contributed by atoms with van der Waals surface area (Å²) < 4.78 is 4.96. The third-order valence-electron chi connectivity index (χ3n) is 3.01. The zero-order chi connectivity index (χ0) is 15.4. The fraction of sp³-hybridized carbons (Fsp3) is 0.133. The van der Waals surface area contributed by atoms with Gasteiger partial charge in [-0.1, -0.05) is 12.1 Å². The van der Waals surface area contributed by atoms with Crippen LogP contribution < -0.4 is 10.3 Å². The number of rotatable bonds is 3. The van der Waals surface area contributed by atoms with Crippen LogP contribution in [0.3, 0.4) is 0 Å². The molecule has 2 aromatic rings. The second-order valence-corrected chi connectivity index (χ2v) is 4.31. The van der Waals surface area contributed by atoms with E-state index >= 15 is 0 Å². The molecule has 21 heavy (non-hydrogen) atoms. The maximum absolute atomic E-state index is 11.4. The number of aromatic nitrogens is 2. The molecule has 106 valence electrons. The molecule has 0 atom stereocenters. The summed E-state index contributed by atoms with van der Waals surface area (Å²) in [5.41, 5.74) is 1.27. The van der Waals surface area contributed by atoms with Gasteiger partial charge in [0.25, 0.3) is 5.56 Å². The van der Waals surface area contributed by atoms with Crippen LogP contribution in [0.1, 0.15) is 22.4 Å². The fourth-order valence-corrected chi connectivity index (χ4v) is 1.83. The lowest BCUT2D eigenvalue weighted by atomic mass is 10.1. The summed E-state index contributed by atoms with van der Waals surface area (Å²) in [6.07, 6.45) is 3.38. The minimum Gasteiger partial charge on any atom is -0.504 e. The van der Waals surface area contributed by atoms with Crippen LogP contribution in [-0.2, 0) is 0 Å². The molecule has 0 radical (unpaired) electrons. The molecule has 1 aromatic carbocycles. The van der Waals surface area contributed by atoms with Gasteiger partial charge in [0.05, 0.1) is 12.8 Å². The third kappa shape index (κ3) is 2.92. The lowest BCUT2D eigenvalue weighted by molar-refractivity contribution is 0.373. The topological polar surface area (TPSA) is 99.0 Å². The summed E-state index contributed by atoms with van der Waals surface area (Å²) in [5, 5.41) is 24.8. The molecule has 0 bridgehead atoms. The number of hydrogen-bond acceptors (Lipinski definition) is 5. The largest absolute Gasteiger partial charge is 0.504 e. The standard InChI is InChI=1S/C15H13N3O3/c1-9-11(8-16)15(20)18-17-12(9)5-3-10-4-6-14(21-2)13(19)7-10/h3-7,19H,1-2H3,(H,18,20). The predicted molar refractivity (Wildman–Crippen MR) is 77.9 cm³/mol. The van der Waals surface area contributed by atoms with Gasteiger partial charge in [0, 0.05) is 0 Å². The molecule has 6 heteroatoms. The van der Waals surface area contributed by atoms with Crippen molar-refractivity contribution in [2.45, 2.75) is 6.92 Å². The smallest absolute Gasteiger partial charge is 0.282 e. The molecule has 6 nitrogen and oxygen atoms in total. The van der Waals surface area contributed by atoms with Crippen molar-refractivity contribution in [2.75, 3.05) is 7.11 Å². The average molecular weight is 283 g/mol. The summed E-state index contributed by atoms with van der Waals surface area (Å²) in [7, 11) is 1.47. The Morgan fingerprint density at radius 3 is 2.81 bits per heavy atom. The Bertz CT molecular complexity index is 801. The zero-order valence-electron chi connectivity index (χ0n) is 11.5. The van der Waals surface area contributed by atoms with Crippen molar-refractivity contribution >= 4 is 12.2 Å². The number of nitriles is 1. The summed E-state index contributed by atoms with van der Waals surface area (Å²) in [5.74, 6) is 0.417. The van der Waals surface area contributed by atoms with Crippen molar-refractivity contribution in [2.24, 2.45) is 0 Å². The van der Waals surface area contributed by atoms with Crippen LogP contribution in [0.4, 0.5) is 0 Å². The molecule has 0 fully saturated rings. The quantitative estimate of drug-likeness (QED) is 0.895. The van der Waals surface area contributed by atoms with Gasteiger partial charge in [0.1, 0.15) is 11.6 Å². The van der Waals surface area contributed by atoms with Crippen LogP contribution in [0.15, 0.2) is 23.0 Å². The van der Waals surface area contributed by atoms with Crippen LogP contribution >= 0.6 is 0 Å². The van der Waals surface area contributed by atoms with Crippen LogP contribution in [0.5, 0.6) is 11.5 Å². The number of aromatic amines is 1. The van der Waals surface area contributed by atoms with E-state index in [1.807, 2.05) is 6.07 Å². The van der Waals surface area contributed by atoms with E-state index in [4.69, 9.17) is 10.00 Å². The SMILES string of the molecule is COc1ccc(C=Cc2n[nH]c(=O)c(C#N)c2C)cc1O. The van der Waals surface area contributed by atoms with Gasteiger partial charge in [-0.05, 0) is 36.3 Å². The first-order valence-electron chi connectivity index (χ1n) is 6.11. The number of nitrogens with zero attached hydrogens (tertiary/aromatic N) is 2. The van der Waals surface area contributed by atoms with Gasteiger partial charge in [-0.25, -0.2) is 5.10 Å². The highest BCUT2D eigenvalue weighted by Gasteiger charge is 2.07. The van der Waals surface area contributed by atoms with Crippen LogP contribution in [-0.4, -0.2) is 22.4 Å². The van der Waals surface area contributed by atoms with E-state index in [0.29, 0.717) is 17.0 Å². The number of ether oxygens (including phenoxy) is 1. The first kappa shape index (κ1) is 14.3. The molecule has 0 saturated heterocycles. The minimum atomic E-state index is -0.505. The van der Waals surface area contributed by atoms with Crippen molar-refractivity contribution in [3.05, 3.63) is 50.9 Å². The van der Waals surface area contributed by atoms with E-state index in [2.05, 4.69) is 10.2 Å². The Labute approximate surface area is 120 Å². The monoisotopic (exact) mass is 283 g/mol. The molecule has 1 aromatic heterocycles. The van der Waals surface area contributed by atoms with Gasteiger partial charge >= 0.3 is 0 Å². The fourth-order valence-electron chi connectivity index (χ4n) is 1.83. The molecule has 0 aliphatic rings. The summed E-state index contributed by atoms with van der Waals surface area (Å²) in [6, 6.07) is 6.80. The minimum absolute atomic E-state index is 0.0310. The molecular weight excluding hydrogens is 270 g/mol. The Morgan fingerprint density at radius 1 is 1.43 bits per heavy atom. The van der Waals surface area contributed by atoms with E-state index in [0.717, 1.165) is 5.56 Å². The molecule has 0 saturated carbocycles. The number of hydrogen-bond donors (Lipinski definition) is 2. The average Bonchev–Trinajstić information content (AvgIpc) is 2.47. The van der Waals surface area contributed by atoms with Crippen molar-refractivity contribution in [1.82, 2.24) is 10.2 Å². The maximum Gasteiger partial charge on any atom is 0.282 e. The van der Waals surface area contributed by atoms with Crippen molar-refractivity contribution < 1.29 is 9.84 Å². The molecule has 0 aliphatic carbocycles. The molecule has 1 heterocycles. The lowest BCUT2D eigenvalue weighted by Crippen LogP contribution is -2.15. The Kier molecular flexibility index (Phi) is 4.05. The van der Waals surface area contributed by atoms with Crippen molar-refractivity contribution in [1.29, 1.82) is 5.26 Å². The summed E-state index contributed by atoms with van der Waals surface area (Å²) in [6.45, 7) is 1.66. The molecular formula is C15H13N3O3. The zero-order valence-corrected chi connectivity index (χ0v) is 11.5. The van der Waals surface area contributed by atoms with Gasteiger partial charge in [0.2, 0.25) is 0 Å². The van der Waals surface area contributed by atoms with Crippen molar-refractivity contribution in [3.63, 3.8) is 0 Å². The number of phenols is 1. The number of H-pyrrole nitrogens is 1. The number of benzene rings is 1. The van der Waals surface area contributed by atoms with Gasteiger partial charge in [-0.2, -0.15) is 10.4 Å². The first-order chi connectivity index (χ1) is 10.1. The normalized spacial score (nSPS) is 10.5.